The standard InChI is InChI=1S/C12H20O/c1-10-8-11(2)13-12(9-10)6-4-3-5-7-12/h9,11H,3-8H2,1-2H3. The van der Waals surface area contributed by atoms with Crippen LogP contribution in [0.25, 0.3) is 0 Å². The molecular weight excluding hydrogens is 160 g/mol. The number of ether oxygens (including phenoxy) is 1. The van der Waals surface area contributed by atoms with E-state index in [0.29, 0.717) is 6.10 Å². The first-order valence-corrected chi connectivity index (χ1v) is 5.56. The highest BCUT2D eigenvalue weighted by Gasteiger charge is 2.35. The zero-order chi connectivity index (χ0) is 9.31. The van der Waals surface area contributed by atoms with Crippen molar-refractivity contribution in [3.05, 3.63) is 11.6 Å². The average molecular weight is 180 g/mol. The Balaban J connectivity index is 2.15. The van der Waals surface area contributed by atoms with E-state index in [0.717, 1.165) is 6.42 Å². The molecule has 2 aliphatic rings. The fraction of sp³-hybridized carbons (Fsp3) is 0.833. The number of rotatable bonds is 0. The first kappa shape index (κ1) is 9.26. The van der Waals surface area contributed by atoms with Gasteiger partial charge in [0.1, 0.15) is 0 Å². The molecule has 1 aliphatic carbocycles. The average Bonchev–Trinajstić information content (AvgIpc) is 2.02. The van der Waals surface area contributed by atoms with Crippen LogP contribution in [0.3, 0.4) is 0 Å². The molecule has 0 bridgehead atoms. The van der Waals surface area contributed by atoms with Crippen LogP contribution in [0.5, 0.6) is 0 Å². The second-order valence-electron chi connectivity index (χ2n) is 4.75. The van der Waals surface area contributed by atoms with E-state index in [9.17, 15) is 0 Å². The van der Waals surface area contributed by atoms with E-state index in [4.69, 9.17) is 4.74 Å². The third kappa shape index (κ3) is 1.96. The van der Waals surface area contributed by atoms with Gasteiger partial charge in [-0.3, -0.25) is 0 Å². The van der Waals surface area contributed by atoms with Gasteiger partial charge in [0.15, 0.2) is 0 Å². The van der Waals surface area contributed by atoms with E-state index in [1.165, 1.54) is 37.7 Å². The summed E-state index contributed by atoms with van der Waals surface area (Å²) in [7, 11) is 0. The molecule has 0 N–H and O–H groups in total. The van der Waals surface area contributed by atoms with Gasteiger partial charge in [-0.05, 0) is 33.1 Å². The summed E-state index contributed by atoms with van der Waals surface area (Å²) in [4.78, 5) is 0. The minimum Gasteiger partial charge on any atom is -0.368 e. The van der Waals surface area contributed by atoms with Crippen molar-refractivity contribution in [1.29, 1.82) is 0 Å². The lowest BCUT2D eigenvalue weighted by molar-refractivity contribution is -0.0838. The van der Waals surface area contributed by atoms with Crippen molar-refractivity contribution in [2.24, 2.45) is 0 Å². The lowest BCUT2D eigenvalue weighted by Gasteiger charge is -2.40. The zero-order valence-electron chi connectivity index (χ0n) is 8.81. The van der Waals surface area contributed by atoms with E-state index >= 15 is 0 Å². The van der Waals surface area contributed by atoms with Crippen LogP contribution in [-0.2, 0) is 4.74 Å². The van der Waals surface area contributed by atoms with E-state index < -0.39 is 0 Å². The number of hydrogen-bond acceptors (Lipinski definition) is 1. The van der Waals surface area contributed by atoms with Crippen LogP contribution in [0.2, 0.25) is 0 Å². The van der Waals surface area contributed by atoms with Gasteiger partial charge < -0.3 is 4.74 Å². The zero-order valence-corrected chi connectivity index (χ0v) is 8.81. The van der Waals surface area contributed by atoms with Gasteiger partial charge in [0.05, 0.1) is 11.7 Å². The summed E-state index contributed by atoms with van der Waals surface area (Å²) in [6, 6.07) is 0. The van der Waals surface area contributed by atoms with E-state index in [1.807, 2.05) is 0 Å². The maximum Gasteiger partial charge on any atom is 0.0868 e. The molecule has 0 aromatic carbocycles. The van der Waals surface area contributed by atoms with Crippen molar-refractivity contribution in [1.82, 2.24) is 0 Å². The van der Waals surface area contributed by atoms with Gasteiger partial charge >= 0.3 is 0 Å². The molecule has 1 heteroatoms. The molecule has 2 rings (SSSR count). The van der Waals surface area contributed by atoms with Gasteiger partial charge in [-0.25, -0.2) is 0 Å². The van der Waals surface area contributed by atoms with Crippen LogP contribution in [-0.4, -0.2) is 11.7 Å². The van der Waals surface area contributed by atoms with Crippen molar-refractivity contribution in [2.45, 2.75) is 64.1 Å². The van der Waals surface area contributed by atoms with Crippen molar-refractivity contribution in [3.63, 3.8) is 0 Å². The number of hydrogen-bond donors (Lipinski definition) is 0. The topological polar surface area (TPSA) is 9.23 Å². The van der Waals surface area contributed by atoms with Crippen molar-refractivity contribution in [3.8, 4) is 0 Å². The first-order chi connectivity index (χ1) is 6.20. The van der Waals surface area contributed by atoms with E-state index in [1.54, 1.807) is 0 Å². The second-order valence-corrected chi connectivity index (χ2v) is 4.75. The molecule has 1 atom stereocenters. The van der Waals surface area contributed by atoms with Crippen LogP contribution in [0, 0.1) is 0 Å². The van der Waals surface area contributed by atoms with Crippen LogP contribution >= 0.6 is 0 Å². The normalized spacial score (nSPS) is 33.1. The summed E-state index contributed by atoms with van der Waals surface area (Å²) in [6.45, 7) is 4.45. The Hall–Kier alpha value is -0.300. The Morgan fingerprint density at radius 2 is 2.00 bits per heavy atom. The largest absolute Gasteiger partial charge is 0.368 e. The summed E-state index contributed by atoms with van der Waals surface area (Å²) in [5.41, 5.74) is 1.67. The molecule has 1 saturated carbocycles. The summed E-state index contributed by atoms with van der Waals surface area (Å²) < 4.78 is 6.11. The molecule has 74 valence electrons. The monoisotopic (exact) mass is 180 g/mol. The Morgan fingerprint density at radius 3 is 2.62 bits per heavy atom. The predicted molar refractivity (Wildman–Crippen MR) is 54.7 cm³/mol. The molecule has 0 aromatic rings. The minimum absolute atomic E-state index is 0.139. The molecule has 0 radical (unpaired) electrons. The third-order valence-electron chi connectivity index (χ3n) is 3.25. The van der Waals surface area contributed by atoms with Crippen LogP contribution in [0.15, 0.2) is 11.6 Å². The summed E-state index contributed by atoms with van der Waals surface area (Å²) in [5.74, 6) is 0. The Bertz CT molecular complexity index is 211. The Labute approximate surface area is 81.2 Å². The van der Waals surface area contributed by atoms with Gasteiger partial charge in [0, 0.05) is 0 Å². The van der Waals surface area contributed by atoms with Crippen molar-refractivity contribution < 1.29 is 4.74 Å². The van der Waals surface area contributed by atoms with E-state index in [-0.39, 0.29) is 5.60 Å². The van der Waals surface area contributed by atoms with Crippen LogP contribution < -0.4 is 0 Å². The van der Waals surface area contributed by atoms with Crippen molar-refractivity contribution >= 4 is 0 Å². The summed E-state index contributed by atoms with van der Waals surface area (Å²) >= 11 is 0. The molecule has 13 heavy (non-hydrogen) atoms. The second kappa shape index (κ2) is 3.45. The Kier molecular flexibility index (Phi) is 2.46. The maximum absolute atomic E-state index is 6.11. The SMILES string of the molecule is CC1=CC2(CCCCC2)OC(C)C1. The fourth-order valence-corrected chi connectivity index (χ4v) is 2.85. The molecule has 1 fully saturated rings. The molecule has 0 saturated heterocycles. The van der Waals surface area contributed by atoms with Gasteiger partial charge in [-0.1, -0.05) is 30.9 Å². The lowest BCUT2D eigenvalue weighted by Crippen LogP contribution is -2.39. The summed E-state index contributed by atoms with van der Waals surface area (Å²) in [6.07, 6.45) is 10.5. The predicted octanol–water partition coefficient (Wildman–Crippen LogP) is 3.44. The van der Waals surface area contributed by atoms with Crippen LogP contribution in [0.1, 0.15) is 52.4 Å². The van der Waals surface area contributed by atoms with Crippen molar-refractivity contribution in [2.75, 3.05) is 0 Å². The highest BCUT2D eigenvalue weighted by molar-refractivity contribution is 5.14. The molecular formula is C12H20O. The smallest absolute Gasteiger partial charge is 0.0868 e. The maximum atomic E-state index is 6.11. The third-order valence-corrected chi connectivity index (χ3v) is 3.25. The molecule has 0 aromatic heterocycles. The van der Waals surface area contributed by atoms with Gasteiger partial charge in [-0.15, -0.1) is 0 Å². The molecule has 1 nitrogen and oxygen atoms in total. The fourth-order valence-electron chi connectivity index (χ4n) is 2.85. The lowest BCUT2D eigenvalue weighted by atomic mass is 9.81. The highest BCUT2D eigenvalue weighted by atomic mass is 16.5. The summed E-state index contributed by atoms with van der Waals surface area (Å²) in [5, 5.41) is 0. The molecule has 1 spiro atoms. The van der Waals surface area contributed by atoms with E-state index in [2.05, 4.69) is 19.9 Å². The molecule has 0 amide bonds. The van der Waals surface area contributed by atoms with Gasteiger partial charge in [0.25, 0.3) is 0 Å². The molecule has 1 unspecified atom stereocenters. The molecule has 1 aliphatic heterocycles. The first-order valence-electron chi connectivity index (χ1n) is 5.56. The quantitative estimate of drug-likeness (QED) is 0.519. The minimum atomic E-state index is 0.139. The van der Waals surface area contributed by atoms with Crippen LogP contribution in [0.4, 0.5) is 0 Å². The Morgan fingerprint density at radius 1 is 1.31 bits per heavy atom. The highest BCUT2D eigenvalue weighted by Crippen LogP contribution is 2.38. The molecule has 1 heterocycles. The van der Waals surface area contributed by atoms with Gasteiger partial charge in [0.2, 0.25) is 0 Å². The van der Waals surface area contributed by atoms with Gasteiger partial charge in [-0.2, -0.15) is 0 Å².